The van der Waals surface area contributed by atoms with Crippen molar-refractivity contribution in [1.82, 2.24) is 0 Å². The Labute approximate surface area is 92.6 Å². The molecule has 0 aliphatic rings. The van der Waals surface area contributed by atoms with E-state index in [1.54, 1.807) is 19.2 Å². The monoisotopic (exact) mass is 218 g/mol. The third-order valence-corrected chi connectivity index (χ3v) is 1.79. The number of benzene rings is 1. The van der Waals surface area contributed by atoms with Crippen molar-refractivity contribution in [3.05, 3.63) is 34.2 Å². The second-order valence-corrected chi connectivity index (χ2v) is 2.82. The number of nitrogens with zero attached hydrogens (tertiary/aromatic N) is 4. The predicted octanol–water partition coefficient (Wildman–Crippen LogP) is 2.53. The van der Waals surface area contributed by atoms with Gasteiger partial charge in [-0.05, 0) is 23.7 Å². The fourth-order valence-electron chi connectivity index (χ4n) is 1.08. The Hall–Kier alpha value is -2.22. The highest BCUT2D eigenvalue weighted by atomic mass is 16.5. The first kappa shape index (κ1) is 11.9. The Morgan fingerprint density at radius 1 is 1.50 bits per heavy atom. The molecule has 0 N–H and O–H groups in total. The van der Waals surface area contributed by atoms with Crippen LogP contribution in [0, 0.1) is 11.3 Å². The van der Waals surface area contributed by atoms with Crippen molar-refractivity contribution in [2.45, 2.75) is 0 Å². The van der Waals surface area contributed by atoms with Gasteiger partial charge in [0, 0.05) is 17.7 Å². The average molecular weight is 218 g/mol. The van der Waals surface area contributed by atoms with E-state index in [-0.39, 0.29) is 0 Å². The van der Waals surface area contributed by atoms with Crippen LogP contribution in [0.2, 0.25) is 0 Å². The van der Waals surface area contributed by atoms with Crippen LogP contribution in [-0.4, -0.2) is 20.3 Å². The van der Waals surface area contributed by atoms with E-state index in [0.717, 1.165) is 0 Å². The summed E-state index contributed by atoms with van der Waals surface area (Å²) in [5, 5.41) is 12.3. The number of methoxy groups -OCH3 is 1. The smallest absolute Gasteiger partial charge is 0.137 e. The third-order valence-electron chi connectivity index (χ3n) is 1.79. The molecule has 1 rings (SSSR count). The zero-order valence-electron chi connectivity index (χ0n) is 8.75. The SMILES string of the molecule is COCCOc1ccc(N=[N+]=[N-])cc1C#N. The lowest BCUT2D eigenvalue weighted by Crippen LogP contribution is -2.05. The predicted molar refractivity (Wildman–Crippen MR) is 57.3 cm³/mol. The highest BCUT2D eigenvalue weighted by Crippen LogP contribution is 2.23. The number of rotatable bonds is 5. The van der Waals surface area contributed by atoms with Crippen LogP contribution >= 0.6 is 0 Å². The number of hydrogen-bond donors (Lipinski definition) is 0. The molecule has 0 aromatic heterocycles. The van der Waals surface area contributed by atoms with Gasteiger partial charge in [-0.1, -0.05) is 5.11 Å². The molecule has 0 amide bonds. The number of ether oxygens (including phenoxy) is 2. The first-order chi connectivity index (χ1) is 7.81. The van der Waals surface area contributed by atoms with E-state index < -0.39 is 0 Å². The van der Waals surface area contributed by atoms with Crippen LogP contribution in [0.3, 0.4) is 0 Å². The van der Waals surface area contributed by atoms with E-state index in [0.29, 0.717) is 30.2 Å². The third kappa shape index (κ3) is 3.17. The molecule has 0 radical (unpaired) electrons. The summed E-state index contributed by atoms with van der Waals surface area (Å²) in [6.07, 6.45) is 0. The molecule has 0 atom stereocenters. The molecule has 0 saturated carbocycles. The summed E-state index contributed by atoms with van der Waals surface area (Å²) in [4.78, 5) is 2.64. The summed E-state index contributed by atoms with van der Waals surface area (Å²) in [5.74, 6) is 0.455. The molecule has 82 valence electrons. The van der Waals surface area contributed by atoms with Crippen LogP contribution in [0.25, 0.3) is 10.4 Å². The molecule has 1 aromatic rings. The molecule has 0 bridgehead atoms. The lowest BCUT2D eigenvalue weighted by Gasteiger charge is -2.07. The fraction of sp³-hybridized carbons (Fsp3) is 0.300. The second-order valence-electron chi connectivity index (χ2n) is 2.82. The second kappa shape index (κ2) is 6.30. The molecule has 0 saturated heterocycles. The standard InChI is InChI=1S/C10H10N4O2/c1-15-4-5-16-10-3-2-9(13-14-12)6-8(10)7-11/h2-3,6H,4-5H2,1H3. The van der Waals surface area contributed by atoms with Gasteiger partial charge in [0.1, 0.15) is 18.4 Å². The Bertz CT molecular complexity index is 447. The van der Waals surface area contributed by atoms with Crippen molar-refractivity contribution in [3.8, 4) is 11.8 Å². The van der Waals surface area contributed by atoms with E-state index in [2.05, 4.69) is 10.0 Å². The minimum absolute atomic E-state index is 0.334. The lowest BCUT2D eigenvalue weighted by molar-refractivity contribution is 0.146. The van der Waals surface area contributed by atoms with Crippen molar-refractivity contribution < 1.29 is 9.47 Å². The summed E-state index contributed by atoms with van der Waals surface area (Å²) < 4.78 is 10.1. The van der Waals surface area contributed by atoms with Gasteiger partial charge in [0.15, 0.2) is 0 Å². The van der Waals surface area contributed by atoms with Crippen LogP contribution in [0.5, 0.6) is 5.75 Å². The molecule has 0 unspecified atom stereocenters. The maximum absolute atomic E-state index is 8.87. The molecule has 16 heavy (non-hydrogen) atoms. The van der Waals surface area contributed by atoms with Gasteiger partial charge in [-0.2, -0.15) is 5.26 Å². The summed E-state index contributed by atoms with van der Waals surface area (Å²) in [7, 11) is 1.57. The van der Waals surface area contributed by atoms with E-state index in [1.165, 1.54) is 6.07 Å². The summed E-state index contributed by atoms with van der Waals surface area (Å²) >= 11 is 0. The van der Waals surface area contributed by atoms with Gasteiger partial charge < -0.3 is 9.47 Å². The van der Waals surface area contributed by atoms with Gasteiger partial charge in [0.2, 0.25) is 0 Å². The highest BCUT2D eigenvalue weighted by Gasteiger charge is 2.03. The van der Waals surface area contributed by atoms with Gasteiger partial charge in [-0.3, -0.25) is 0 Å². The van der Waals surface area contributed by atoms with Gasteiger partial charge in [-0.25, -0.2) is 0 Å². The lowest BCUT2D eigenvalue weighted by atomic mass is 10.2. The quantitative estimate of drug-likeness (QED) is 0.329. The van der Waals surface area contributed by atoms with Crippen molar-refractivity contribution in [2.75, 3.05) is 20.3 Å². The normalized spacial score (nSPS) is 9.00. The maximum atomic E-state index is 8.87. The van der Waals surface area contributed by atoms with Crippen molar-refractivity contribution in [2.24, 2.45) is 5.11 Å². The minimum Gasteiger partial charge on any atom is -0.490 e. The number of hydrogen-bond acceptors (Lipinski definition) is 4. The van der Waals surface area contributed by atoms with E-state index in [9.17, 15) is 0 Å². The fourth-order valence-corrected chi connectivity index (χ4v) is 1.08. The van der Waals surface area contributed by atoms with Crippen molar-refractivity contribution in [3.63, 3.8) is 0 Å². The molecular weight excluding hydrogens is 208 g/mol. The van der Waals surface area contributed by atoms with Gasteiger partial charge in [0.05, 0.1) is 12.2 Å². The van der Waals surface area contributed by atoms with Crippen LogP contribution in [0.1, 0.15) is 5.56 Å². The van der Waals surface area contributed by atoms with Crippen LogP contribution in [0.4, 0.5) is 5.69 Å². The topological polar surface area (TPSA) is 91.0 Å². The molecule has 6 heteroatoms. The summed E-state index contributed by atoms with van der Waals surface area (Å²) in [5.41, 5.74) is 8.97. The molecule has 1 aromatic carbocycles. The highest BCUT2D eigenvalue weighted by molar-refractivity contribution is 5.52. The molecule has 0 spiro atoms. The van der Waals surface area contributed by atoms with Gasteiger partial charge in [-0.15, -0.1) is 0 Å². The molecule has 0 aliphatic carbocycles. The maximum Gasteiger partial charge on any atom is 0.137 e. The minimum atomic E-state index is 0.334. The van der Waals surface area contributed by atoms with Crippen molar-refractivity contribution in [1.29, 1.82) is 5.26 Å². The number of nitriles is 1. The van der Waals surface area contributed by atoms with Gasteiger partial charge in [0.25, 0.3) is 0 Å². The summed E-state index contributed by atoms with van der Waals surface area (Å²) in [6, 6.07) is 6.63. The molecule has 0 fully saturated rings. The zero-order chi connectivity index (χ0) is 11.8. The van der Waals surface area contributed by atoms with Crippen molar-refractivity contribution >= 4 is 5.69 Å². The zero-order valence-corrected chi connectivity index (χ0v) is 8.75. The molecular formula is C10H10N4O2. The Kier molecular flexibility index (Phi) is 4.67. The Morgan fingerprint density at radius 2 is 2.31 bits per heavy atom. The van der Waals surface area contributed by atoms with Crippen LogP contribution in [0.15, 0.2) is 23.3 Å². The van der Waals surface area contributed by atoms with Crippen LogP contribution < -0.4 is 4.74 Å². The van der Waals surface area contributed by atoms with E-state index >= 15 is 0 Å². The molecule has 0 heterocycles. The first-order valence-electron chi connectivity index (χ1n) is 4.52. The molecule has 0 aliphatic heterocycles. The largest absolute Gasteiger partial charge is 0.490 e. The van der Waals surface area contributed by atoms with Gasteiger partial charge >= 0.3 is 0 Å². The van der Waals surface area contributed by atoms with Crippen LogP contribution in [-0.2, 0) is 4.74 Å². The molecule has 6 nitrogen and oxygen atoms in total. The first-order valence-corrected chi connectivity index (χ1v) is 4.52. The Morgan fingerprint density at radius 3 is 2.94 bits per heavy atom. The Balaban J connectivity index is 2.85. The summed E-state index contributed by atoms with van der Waals surface area (Å²) in [6.45, 7) is 0.814. The number of azide groups is 1. The van der Waals surface area contributed by atoms with E-state index in [1.807, 2.05) is 6.07 Å². The van der Waals surface area contributed by atoms with E-state index in [4.69, 9.17) is 20.3 Å². The average Bonchev–Trinajstić information content (AvgIpc) is 2.31.